The van der Waals surface area contributed by atoms with Crippen LogP contribution in [0.5, 0.6) is 0 Å². The molecule has 0 N–H and O–H groups in total. The number of thiol groups is 1. The number of nitrogens with zero attached hydrogens (tertiary/aromatic N) is 1. The van der Waals surface area contributed by atoms with Gasteiger partial charge in [0.25, 0.3) is 0 Å². The van der Waals surface area contributed by atoms with E-state index in [1.54, 1.807) is 0 Å². The van der Waals surface area contributed by atoms with Gasteiger partial charge in [0.2, 0.25) is 0 Å². The van der Waals surface area contributed by atoms with Gasteiger partial charge in [0, 0.05) is 37.3 Å². The Morgan fingerprint density at radius 1 is 1.08 bits per heavy atom. The van der Waals surface area contributed by atoms with Gasteiger partial charge in [0.1, 0.15) is 12.0 Å². The molecule has 0 spiro atoms. The first-order chi connectivity index (χ1) is 11.8. The van der Waals surface area contributed by atoms with Gasteiger partial charge >= 0.3 is 8.80 Å². The molecule has 0 heterocycles. The second kappa shape index (κ2) is 14.2. The fourth-order valence-electron chi connectivity index (χ4n) is 2.55. The Kier molecular flexibility index (Phi) is 14.2. The predicted molar refractivity (Wildman–Crippen MR) is 109 cm³/mol. The second-order valence-electron chi connectivity index (χ2n) is 6.60. The lowest BCUT2D eigenvalue weighted by Crippen LogP contribution is -2.50. The molecule has 0 saturated heterocycles. The number of hydrogen-bond acceptors (Lipinski definition) is 6. The highest BCUT2D eigenvalue weighted by molar-refractivity contribution is 7.80. The van der Waals surface area contributed by atoms with Crippen LogP contribution >= 0.6 is 12.6 Å². The van der Waals surface area contributed by atoms with Crippen molar-refractivity contribution >= 4 is 27.2 Å². The van der Waals surface area contributed by atoms with E-state index >= 15 is 0 Å². The summed E-state index contributed by atoms with van der Waals surface area (Å²) in [5, 5.41) is 0.405. The molecular weight excluding hydrogens is 354 g/mol. The lowest BCUT2D eigenvalue weighted by atomic mass is 10.1. The van der Waals surface area contributed by atoms with E-state index in [1.807, 2.05) is 39.8 Å². The summed E-state index contributed by atoms with van der Waals surface area (Å²) in [6, 6.07) is 0.547. The number of ketones is 1. The van der Waals surface area contributed by atoms with Gasteiger partial charge in [-0.2, -0.15) is 12.6 Å². The van der Waals surface area contributed by atoms with Gasteiger partial charge in [-0.25, -0.2) is 0 Å². The molecule has 0 radical (unpaired) electrons. The van der Waals surface area contributed by atoms with Crippen LogP contribution in [0, 0.1) is 0 Å². The van der Waals surface area contributed by atoms with E-state index in [0.717, 1.165) is 25.7 Å². The highest BCUT2D eigenvalue weighted by atomic mass is 32.1. The van der Waals surface area contributed by atoms with Gasteiger partial charge < -0.3 is 13.3 Å². The summed E-state index contributed by atoms with van der Waals surface area (Å²) in [6.45, 7) is 9.06. The minimum atomic E-state index is -2.84. The van der Waals surface area contributed by atoms with E-state index in [9.17, 15) is 4.79 Å². The van der Waals surface area contributed by atoms with Crippen LogP contribution in [0.25, 0.3) is 0 Å². The summed E-state index contributed by atoms with van der Waals surface area (Å²) in [5.74, 6) is 0.259. The first-order valence-corrected chi connectivity index (χ1v) is 12.1. The fraction of sp³-hybridized carbons (Fsp3) is 0.944. The molecule has 0 amide bonds. The van der Waals surface area contributed by atoms with Crippen molar-refractivity contribution in [2.24, 2.45) is 0 Å². The number of carbonyl (C=O) groups is 1. The molecule has 0 saturated carbocycles. The molecule has 7 heteroatoms. The third kappa shape index (κ3) is 11.4. The van der Waals surface area contributed by atoms with Gasteiger partial charge in [0.15, 0.2) is 0 Å². The van der Waals surface area contributed by atoms with Crippen molar-refractivity contribution in [2.45, 2.75) is 83.7 Å². The average molecular weight is 394 g/mol. The molecule has 0 fully saturated rings. The summed E-state index contributed by atoms with van der Waals surface area (Å²) < 4.78 is 18.0. The van der Waals surface area contributed by atoms with Crippen molar-refractivity contribution < 1.29 is 18.1 Å². The minimum absolute atomic E-state index is 0.112. The normalized spacial score (nSPS) is 14.7. The Morgan fingerprint density at radius 3 is 2.16 bits per heavy atom. The van der Waals surface area contributed by atoms with E-state index in [2.05, 4.69) is 19.6 Å². The van der Waals surface area contributed by atoms with Crippen LogP contribution in [0.4, 0.5) is 0 Å². The van der Waals surface area contributed by atoms with Gasteiger partial charge in [-0.05, 0) is 54.1 Å². The number of Topliss-reactive ketones (excluding diaryl/α,β-unsaturated/α-hetero) is 1. The number of carbonyl (C=O) groups excluding carboxylic acids is 1. The van der Waals surface area contributed by atoms with Crippen LogP contribution in [0.15, 0.2) is 0 Å². The Bertz CT molecular complexity index is 352. The van der Waals surface area contributed by atoms with Gasteiger partial charge in [-0.15, -0.1) is 0 Å². The van der Waals surface area contributed by atoms with Crippen LogP contribution < -0.4 is 0 Å². The summed E-state index contributed by atoms with van der Waals surface area (Å²) in [5.41, 5.74) is 0. The first-order valence-electron chi connectivity index (χ1n) is 9.62. The molecule has 0 aliphatic rings. The third-order valence-corrected chi connectivity index (χ3v) is 7.67. The Balaban J connectivity index is 4.55. The number of hydrogen-bond donors (Lipinski definition) is 1. The van der Waals surface area contributed by atoms with E-state index < -0.39 is 8.80 Å². The third-order valence-electron chi connectivity index (χ3n) is 4.13. The maximum atomic E-state index is 12.3. The molecule has 0 bridgehead atoms. The van der Waals surface area contributed by atoms with E-state index in [-0.39, 0.29) is 12.0 Å². The Labute approximate surface area is 161 Å². The van der Waals surface area contributed by atoms with Gasteiger partial charge in [-0.1, -0.05) is 13.3 Å². The van der Waals surface area contributed by atoms with Crippen molar-refractivity contribution in [2.75, 3.05) is 27.3 Å². The summed E-state index contributed by atoms with van der Waals surface area (Å²) in [7, 11) is 1.08. The molecule has 5 nitrogen and oxygen atoms in total. The zero-order valence-corrected chi connectivity index (χ0v) is 18.9. The van der Waals surface area contributed by atoms with E-state index in [0.29, 0.717) is 37.3 Å². The van der Waals surface area contributed by atoms with E-state index in [1.165, 1.54) is 0 Å². The standard InChI is InChI=1S/C18H39NO4SSi/c1-7-11-18(24)13-10-12-17(20)14-15-25(21-8-2,22-9-3)23-16(4)19(5)6/h16,18,24H,7-15H2,1-6H3. The highest BCUT2D eigenvalue weighted by Gasteiger charge is 2.42. The van der Waals surface area contributed by atoms with Crippen molar-refractivity contribution in [3.05, 3.63) is 0 Å². The van der Waals surface area contributed by atoms with E-state index in [4.69, 9.17) is 13.3 Å². The summed E-state index contributed by atoms with van der Waals surface area (Å²) in [6.07, 6.45) is 5.10. The van der Waals surface area contributed by atoms with Crippen molar-refractivity contribution in [3.63, 3.8) is 0 Å². The van der Waals surface area contributed by atoms with Crippen LogP contribution in [-0.4, -0.2) is 58.3 Å². The smallest absolute Gasteiger partial charge is 0.374 e. The predicted octanol–water partition coefficient (Wildman–Crippen LogP) is 4.15. The second-order valence-corrected chi connectivity index (χ2v) is 10.0. The molecule has 0 aromatic carbocycles. The molecular formula is C18H39NO4SSi. The first kappa shape index (κ1) is 25.1. The van der Waals surface area contributed by atoms with Gasteiger partial charge in [-0.3, -0.25) is 9.69 Å². The Hall–Kier alpha value is 0.0769. The maximum Gasteiger partial charge on any atom is 0.502 e. The zero-order valence-electron chi connectivity index (χ0n) is 17.0. The van der Waals surface area contributed by atoms with Crippen molar-refractivity contribution in [3.8, 4) is 0 Å². The van der Waals surface area contributed by atoms with Crippen LogP contribution in [-0.2, 0) is 18.1 Å². The topological polar surface area (TPSA) is 48.0 Å². The Morgan fingerprint density at radius 2 is 1.68 bits per heavy atom. The molecule has 2 unspecified atom stereocenters. The number of rotatable bonds is 16. The van der Waals surface area contributed by atoms with Crippen LogP contribution in [0.2, 0.25) is 6.04 Å². The molecule has 0 aliphatic carbocycles. The minimum Gasteiger partial charge on any atom is -0.374 e. The molecule has 0 rings (SSSR count). The monoisotopic (exact) mass is 393 g/mol. The van der Waals surface area contributed by atoms with Crippen LogP contribution in [0.1, 0.15) is 66.2 Å². The maximum absolute atomic E-state index is 12.3. The quantitative estimate of drug-likeness (QED) is 0.242. The molecule has 0 aliphatic heterocycles. The molecule has 150 valence electrons. The SMILES string of the molecule is CCCC(S)CCCC(=O)CC[Si](OCC)(OCC)OC(C)N(C)C. The van der Waals surface area contributed by atoms with Crippen molar-refractivity contribution in [1.82, 2.24) is 4.90 Å². The lowest BCUT2D eigenvalue weighted by molar-refractivity contribution is -0.119. The lowest BCUT2D eigenvalue weighted by Gasteiger charge is -2.33. The average Bonchev–Trinajstić information content (AvgIpc) is 2.53. The summed E-state index contributed by atoms with van der Waals surface area (Å²) >= 11 is 4.55. The van der Waals surface area contributed by atoms with Gasteiger partial charge in [0.05, 0.1) is 0 Å². The molecule has 0 aromatic heterocycles. The zero-order chi connectivity index (χ0) is 19.3. The molecule has 2 atom stereocenters. The highest BCUT2D eigenvalue weighted by Crippen LogP contribution is 2.22. The molecule has 25 heavy (non-hydrogen) atoms. The molecule has 0 aromatic rings. The van der Waals surface area contributed by atoms with Crippen LogP contribution in [0.3, 0.4) is 0 Å². The van der Waals surface area contributed by atoms with Crippen molar-refractivity contribution in [1.29, 1.82) is 0 Å². The summed E-state index contributed by atoms with van der Waals surface area (Å²) in [4.78, 5) is 14.3. The fourth-order valence-corrected chi connectivity index (χ4v) is 5.81. The largest absolute Gasteiger partial charge is 0.502 e.